The first-order valence-corrected chi connectivity index (χ1v) is 5.13. The molecule has 0 unspecified atom stereocenters. The Morgan fingerprint density at radius 3 is 2.87 bits per heavy atom. The number of pyridine rings is 1. The molecule has 15 heavy (non-hydrogen) atoms. The van der Waals surface area contributed by atoms with Crippen LogP contribution < -0.4 is 5.56 Å². The van der Waals surface area contributed by atoms with Gasteiger partial charge in [0.1, 0.15) is 10.3 Å². The van der Waals surface area contributed by atoms with Gasteiger partial charge >= 0.3 is 0 Å². The number of nitrogens with one attached hydrogen (secondary N) is 1. The molecule has 0 saturated carbocycles. The van der Waals surface area contributed by atoms with Crippen LogP contribution in [0.2, 0.25) is 0 Å². The van der Waals surface area contributed by atoms with Crippen LogP contribution in [0.1, 0.15) is 5.56 Å². The van der Waals surface area contributed by atoms with Crippen molar-refractivity contribution >= 4 is 15.9 Å². The summed E-state index contributed by atoms with van der Waals surface area (Å²) in [5, 5.41) is 0. The standard InChI is InChI=1S/C10H8BrN3O/c1-6-2-3-12-4-7(6)9-13-5-8(11)10(15)14-9/h2-5H,1H3,(H,13,14,15). The van der Waals surface area contributed by atoms with Gasteiger partial charge in [0, 0.05) is 24.2 Å². The van der Waals surface area contributed by atoms with E-state index in [-0.39, 0.29) is 5.56 Å². The van der Waals surface area contributed by atoms with Crippen LogP contribution in [0.4, 0.5) is 0 Å². The fourth-order valence-corrected chi connectivity index (χ4v) is 1.43. The van der Waals surface area contributed by atoms with E-state index in [0.29, 0.717) is 10.3 Å². The van der Waals surface area contributed by atoms with Gasteiger partial charge in [0.25, 0.3) is 5.56 Å². The van der Waals surface area contributed by atoms with Crippen molar-refractivity contribution in [2.45, 2.75) is 6.92 Å². The Morgan fingerprint density at radius 1 is 1.40 bits per heavy atom. The Bertz CT molecular complexity index is 550. The number of hydrogen-bond acceptors (Lipinski definition) is 3. The third kappa shape index (κ3) is 1.97. The summed E-state index contributed by atoms with van der Waals surface area (Å²) in [7, 11) is 0. The first-order chi connectivity index (χ1) is 7.18. The van der Waals surface area contributed by atoms with Gasteiger partial charge in [0.15, 0.2) is 0 Å². The second kappa shape index (κ2) is 3.94. The number of H-pyrrole nitrogens is 1. The molecule has 2 rings (SSSR count). The Hall–Kier alpha value is -1.49. The molecule has 5 heteroatoms. The monoisotopic (exact) mass is 265 g/mol. The third-order valence-corrected chi connectivity index (χ3v) is 2.61. The fraction of sp³-hybridized carbons (Fsp3) is 0.100. The van der Waals surface area contributed by atoms with Gasteiger partial charge in [-0.15, -0.1) is 0 Å². The van der Waals surface area contributed by atoms with Crippen molar-refractivity contribution in [1.29, 1.82) is 0 Å². The minimum absolute atomic E-state index is 0.191. The summed E-state index contributed by atoms with van der Waals surface area (Å²) < 4.78 is 0.424. The number of nitrogens with zero attached hydrogens (tertiary/aromatic N) is 2. The average molecular weight is 266 g/mol. The molecule has 0 spiro atoms. The van der Waals surface area contributed by atoms with Crippen molar-refractivity contribution in [3.63, 3.8) is 0 Å². The van der Waals surface area contributed by atoms with Gasteiger partial charge in [-0.3, -0.25) is 9.78 Å². The first-order valence-electron chi connectivity index (χ1n) is 4.34. The Morgan fingerprint density at radius 2 is 2.20 bits per heavy atom. The van der Waals surface area contributed by atoms with Crippen LogP contribution in [-0.2, 0) is 0 Å². The third-order valence-electron chi connectivity index (χ3n) is 2.05. The van der Waals surface area contributed by atoms with E-state index in [2.05, 4.69) is 30.9 Å². The number of halogens is 1. The smallest absolute Gasteiger partial charge is 0.265 e. The van der Waals surface area contributed by atoms with E-state index in [1.54, 1.807) is 12.4 Å². The summed E-state index contributed by atoms with van der Waals surface area (Å²) in [6.45, 7) is 1.94. The molecule has 0 aliphatic heterocycles. The maximum absolute atomic E-state index is 11.4. The number of aryl methyl sites for hydroxylation is 1. The lowest BCUT2D eigenvalue weighted by Crippen LogP contribution is -2.09. The van der Waals surface area contributed by atoms with Gasteiger partial charge in [0.2, 0.25) is 0 Å². The van der Waals surface area contributed by atoms with E-state index < -0.39 is 0 Å². The van der Waals surface area contributed by atoms with Crippen molar-refractivity contribution in [3.05, 3.63) is 45.0 Å². The lowest BCUT2D eigenvalue weighted by Gasteiger charge is -2.03. The maximum Gasteiger partial charge on any atom is 0.265 e. The lowest BCUT2D eigenvalue weighted by atomic mass is 10.1. The number of hydrogen-bond donors (Lipinski definition) is 1. The summed E-state index contributed by atoms with van der Waals surface area (Å²) in [4.78, 5) is 22.2. The Balaban J connectivity index is 2.60. The molecule has 0 amide bonds. The molecular formula is C10H8BrN3O. The van der Waals surface area contributed by atoms with E-state index in [1.165, 1.54) is 6.20 Å². The van der Waals surface area contributed by atoms with E-state index >= 15 is 0 Å². The van der Waals surface area contributed by atoms with Gasteiger partial charge in [-0.1, -0.05) is 0 Å². The van der Waals surface area contributed by atoms with E-state index in [4.69, 9.17) is 0 Å². The highest BCUT2D eigenvalue weighted by Gasteiger charge is 2.05. The molecular weight excluding hydrogens is 258 g/mol. The zero-order valence-electron chi connectivity index (χ0n) is 7.99. The zero-order chi connectivity index (χ0) is 10.8. The highest BCUT2D eigenvalue weighted by atomic mass is 79.9. The number of rotatable bonds is 1. The topological polar surface area (TPSA) is 58.6 Å². The molecule has 0 fully saturated rings. The summed E-state index contributed by atoms with van der Waals surface area (Å²) in [5.41, 5.74) is 1.67. The molecule has 0 saturated heterocycles. The molecule has 76 valence electrons. The second-order valence-corrected chi connectivity index (χ2v) is 3.95. The molecule has 2 aromatic heterocycles. The molecule has 0 aliphatic rings. The average Bonchev–Trinajstić information content (AvgIpc) is 2.23. The Labute approximate surface area is 94.5 Å². The van der Waals surface area contributed by atoms with Crippen LogP contribution in [-0.4, -0.2) is 15.0 Å². The highest BCUT2D eigenvalue weighted by molar-refractivity contribution is 9.10. The molecule has 2 aromatic rings. The van der Waals surface area contributed by atoms with Gasteiger partial charge < -0.3 is 4.98 Å². The van der Waals surface area contributed by atoms with Crippen molar-refractivity contribution in [3.8, 4) is 11.4 Å². The summed E-state index contributed by atoms with van der Waals surface area (Å²) >= 11 is 3.10. The lowest BCUT2D eigenvalue weighted by molar-refractivity contribution is 1.10. The van der Waals surface area contributed by atoms with Crippen LogP contribution >= 0.6 is 15.9 Å². The van der Waals surface area contributed by atoms with E-state index in [1.807, 2.05) is 13.0 Å². The van der Waals surface area contributed by atoms with Crippen LogP contribution in [0, 0.1) is 6.92 Å². The van der Waals surface area contributed by atoms with Crippen molar-refractivity contribution in [2.75, 3.05) is 0 Å². The predicted octanol–water partition coefficient (Wildman–Crippen LogP) is 1.90. The SMILES string of the molecule is Cc1ccncc1-c1ncc(Br)c(=O)[nH]1. The largest absolute Gasteiger partial charge is 0.305 e. The van der Waals surface area contributed by atoms with E-state index in [0.717, 1.165) is 11.1 Å². The minimum atomic E-state index is -0.191. The second-order valence-electron chi connectivity index (χ2n) is 3.10. The minimum Gasteiger partial charge on any atom is -0.305 e. The molecule has 0 atom stereocenters. The maximum atomic E-state index is 11.4. The van der Waals surface area contributed by atoms with Crippen LogP contribution in [0.15, 0.2) is 33.9 Å². The summed E-state index contributed by atoms with van der Waals surface area (Å²) in [5.74, 6) is 0.536. The summed E-state index contributed by atoms with van der Waals surface area (Å²) in [6, 6.07) is 1.87. The van der Waals surface area contributed by atoms with Gasteiger partial charge in [0.05, 0.1) is 0 Å². The van der Waals surface area contributed by atoms with Gasteiger partial charge in [-0.05, 0) is 34.5 Å². The normalized spacial score (nSPS) is 10.3. The molecule has 0 aromatic carbocycles. The van der Waals surface area contributed by atoms with Crippen molar-refractivity contribution in [1.82, 2.24) is 15.0 Å². The molecule has 4 nitrogen and oxygen atoms in total. The van der Waals surface area contributed by atoms with Crippen LogP contribution in [0.5, 0.6) is 0 Å². The zero-order valence-corrected chi connectivity index (χ0v) is 9.58. The van der Waals surface area contributed by atoms with Gasteiger partial charge in [-0.2, -0.15) is 0 Å². The highest BCUT2D eigenvalue weighted by Crippen LogP contribution is 2.16. The van der Waals surface area contributed by atoms with Gasteiger partial charge in [-0.25, -0.2) is 4.98 Å². The molecule has 0 bridgehead atoms. The molecule has 1 N–H and O–H groups in total. The van der Waals surface area contributed by atoms with Crippen LogP contribution in [0.3, 0.4) is 0 Å². The first kappa shape index (κ1) is 10.0. The fourth-order valence-electron chi connectivity index (χ4n) is 1.23. The predicted molar refractivity (Wildman–Crippen MR) is 60.5 cm³/mol. The number of aromatic nitrogens is 3. The summed E-state index contributed by atoms with van der Waals surface area (Å²) in [6.07, 6.45) is 4.87. The van der Waals surface area contributed by atoms with Crippen molar-refractivity contribution < 1.29 is 0 Å². The quantitative estimate of drug-likeness (QED) is 0.857. The van der Waals surface area contributed by atoms with E-state index in [9.17, 15) is 4.79 Å². The number of aromatic amines is 1. The molecule has 2 heterocycles. The molecule has 0 aliphatic carbocycles. The van der Waals surface area contributed by atoms with Crippen LogP contribution in [0.25, 0.3) is 11.4 Å². The van der Waals surface area contributed by atoms with Crippen molar-refractivity contribution in [2.24, 2.45) is 0 Å². The Kier molecular flexibility index (Phi) is 2.64. The molecule has 0 radical (unpaired) electrons.